The van der Waals surface area contributed by atoms with Gasteiger partial charge in [-0.25, -0.2) is 8.42 Å². The van der Waals surface area contributed by atoms with Gasteiger partial charge in [-0.05, 0) is 32.4 Å². The van der Waals surface area contributed by atoms with Gasteiger partial charge in [0, 0.05) is 13.1 Å². The van der Waals surface area contributed by atoms with Crippen LogP contribution in [-0.2, 0) is 14.8 Å². The lowest BCUT2D eigenvalue weighted by Gasteiger charge is -2.31. The van der Waals surface area contributed by atoms with Crippen LogP contribution in [0.15, 0.2) is 0 Å². The molecule has 0 aromatic rings. The molecule has 2 bridgehead atoms. The summed E-state index contributed by atoms with van der Waals surface area (Å²) in [5.41, 5.74) is 0. The van der Waals surface area contributed by atoms with Gasteiger partial charge in [-0.15, -0.1) is 0 Å². The van der Waals surface area contributed by atoms with Gasteiger partial charge in [0.2, 0.25) is 10.0 Å². The highest BCUT2D eigenvalue weighted by Gasteiger charge is 2.38. The Morgan fingerprint density at radius 1 is 1.29 bits per heavy atom. The zero-order valence-corrected chi connectivity index (χ0v) is 11.2. The monoisotopic (exact) mass is 262 g/mol. The topological polar surface area (TPSA) is 58.6 Å². The third-order valence-corrected chi connectivity index (χ3v) is 5.30. The van der Waals surface area contributed by atoms with Crippen LogP contribution in [-0.4, -0.2) is 56.9 Å². The number of fused-ring (bicyclic) bond motifs is 2. The Morgan fingerprint density at radius 3 is 2.53 bits per heavy atom. The Morgan fingerprint density at radius 2 is 1.94 bits per heavy atom. The van der Waals surface area contributed by atoms with Crippen molar-refractivity contribution in [1.82, 2.24) is 9.62 Å². The van der Waals surface area contributed by atoms with Crippen molar-refractivity contribution < 1.29 is 13.2 Å². The lowest BCUT2D eigenvalue weighted by molar-refractivity contribution is -0.0114. The first-order valence-corrected chi connectivity index (χ1v) is 8.06. The van der Waals surface area contributed by atoms with Crippen molar-refractivity contribution in [1.29, 1.82) is 0 Å². The quantitative estimate of drug-likeness (QED) is 0.694. The molecule has 2 heterocycles. The molecule has 2 rings (SSSR count). The lowest BCUT2D eigenvalue weighted by Crippen LogP contribution is -2.46. The average molecular weight is 262 g/mol. The second kappa shape index (κ2) is 5.65. The summed E-state index contributed by atoms with van der Waals surface area (Å²) in [6.07, 6.45) is 2.97. The van der Waals surface area contributed by atoms with Crippen LogP contribution in [0, 0.1) is 0 Å². The smallest absolute Gasteiger partial charge is 0.214 e. The van der Waals surface area contributed by atoms with E-state index >= 15 is 0 Å². The fraction of sp³-hybridized carbons (Fsp3) is 1.00. The Balaban J connectivity index is 1.83. The predicted molar refractivity (Wildman–Crippen MR) is 66.4 cm³/mol. The van der Waals surface area contributed by atoms with Crippen LogP contribution < -0.4 is 5.32 Å². The number of sulfonamides is 1. The van der Waals surface area contributed by atoms with Crippen LogP contribution in [0.5, 0.6) is 0 Å². The van der Waals surface area contributed by atoms with Crippen LogP contribution in [0.2, 0.25) is 0 Å². The van der Waals surface area contributed by atoms with Gasteiger partial charge in [-0.1, -0.05) is 6.92 Å². The second-order valence-corrected chi connectivity index (χ2v) is 6.89. The highest BCUT2D eigenvalue weighted by atomic mass is 32.2. The first-order chi connectivity index (χ1) is 8.12. The average Bonchev–Trinajstić information content (AvgIpc) is 2.64. The molecule has 2 atom stereocenters. The lowest BCUT2D eigenvalue weighted by atomic mass is 10.2. The minimum Gasteiger partial charge on any atom is -0.372 e. The molecule has 2 aliphatic heterocycles. The van der Waals surface area contributed by atoms with Gasteiger partial charge in [0.05, 0.1) is 18.0 Å². The summed E-state index contributed by atoms with van der Waals surface area (Å²) in [5.74, 6) is 0.249. The maximum absolute atomic E-state index is 12.1. The molecule has 5 nitrogen and oxygen atoms in total. The molecule has 1 N–H and O–H groups in total. The predicted octanol–water partition coefficient (Wildman–Crippen LogP) is 0.179. The molecular formula is C11H22N2O3S. The number of ether oxygens (including phenoxy) is 1. The van der Waals surface area contributed by atoms with Crippen LogP contribution in [0.1, 0.15) is 26.2 Å². The van der Waals surface area contributed by atoms with E-state index < -0.39 is 10.0 Å². The molecule has 6 heteroatoms. The Labute approximate surface area is 104 Å². The van der Waals surface area contributed by atoms with E-state index in [9.17, 15) is 8.42 Å². The molecule has 2 fully saturated rings. The van der Waals surface area contributed by atoms with E-state index in [1.54, 1.807) is 4.31 Å². The fourth-order valence-corrected chi connectivity index (χ4v) is 4.04. The third kappa shape index (κ3) is 3.40. The van der Waals surface area contributed by atoms with Gasteiger partial charge in [0.25, 0.3) is 0 Å². The fourth-order valence-electron chi connectivity index (χ4n) is 2.49. The SMILES string of the molecule is CCNCCCS(=O)(=O)N1CC2CCC(C1)O2. The van der Waals surface area contributed by atoms with Crippen LogP contribution in [0.3, 0.4) is 0 Å². The molecule has 2 aliphatic rings. The van der Waals surface area contributed by atoms with Crippen LogP contribution >= 0.6 is 0 Å². The summed E-state index contributed by atoms with van der Waals surface area (Å²) in [5, 5.41) is 3.15. The third-order valence-electron chi connectivity index (χ3n) is 3.41. The molecule has 2 saturated heterocycles. The van der Waals surface area contributed by atoms with E-state index in [4.69, 9.17) is 4.74 Å². The number of hydrogen-bond donors (Lipinski definition) is 1. The van der Waals surface area contributed by atoms with Crippen LogP contribution in [0.25, 0.3) is 0 Å². The molecule has 0 spiro atoms. The van der Waals surface area contributed by atoms with Gasteiger partial charge in [-0.2, -0.15) is 4.31 Å². The molecule has 17 heavy (non-hydrogen) atoms. The zero-order chi connectivity index (χ0) is 12.3. The summed E-state index contributed by atoms with van der Waals surface area (Å²) >= 11 is 0. The van der Waals surface area contributed by atoms with E-state index in [1.165, 1.54) is 0 Å². The maximum Gasteiger partial charge on any atom is 0.214 e. The van der Waals surface area contributed by atoms with Crippen molar-refractivity contribution in [3.8, 4) is 0 Å². The summed E-state index contributed by atoms with van der Waals surface area (Å²) in [6, 6.07) is 0. The van der Waals surface area contributed by atoms with Crippen molar-refractivity contribution in [2.75, 3.05) is 31.9 Å². The summed E-state index contributed by atoms with van der Waals surface area (Å²) in [7, 11) is -3.08. The van der Waals surface area contributed by atoms with E-state index in [0.717, 1.165) is 25.9 Å². The van der Waals surface area contributed by atoms with E-state index in [1.807, 2.05) is 6.92 Å². The Kier molecular flexibility index (Phi) is 4.41. The first kappa shape index (κ1) is 13.3. The standard InChI is InChI=1S/C11H22N2O3S/c1-2-12-6-3-7-17(14,15)13-8-10-4-5-11(9-13)16-10/h10-12H,2-9H2,1H3. The zero-order valence-electron chi connectivity index (χ0n) is 10.4. The number of morpholine rings is 1. The molecule has 0 aromatic heterocycles. The number of nitrogens with one attached hydrogen (secondary N) is 1. The molecule has 0 amide bonds. The molecule has 2 unspecified atom stereocenters. The summed E-state index contributed by atoms with van der Waals surface area (Å²) in [4.78, 5) is 0. The highest BCUT2D eigenvalue weighted by molar-refractivity contribution is 7.89. The normalized spacial score (nSPS) is 29.7. The van der Waals surface area contributed by atoms with Crippen LogP contribution in [0.4, 0.5) is 0 Å². The molecule has 0 aliphatic carbocycles. The summed E-state index contributed by atoms with van der Waals surface area (Å²) in [6.45, 7) is 4.79. The molecular weight excluding hydrogens is 240 g/mol. The molecule has 0 aromatic carbocycles. The van der Waals surface area contributed by atoms with Crippen molar-refractivity contribution in [3.63, 3.8) is 0 Å². The van der Waals surface area contributed by atoms with Gasteiger partial charge in [0.15, 0.2) is 0 Å². The Hall–Kier alpha value is -0.170. The summed E-state index contributed by atoms with van der Waals surface area (Å²) < 4.78 is 31.5. The van der Waals surface area contributed by atoms with Gasteiger partial charge >= 0.3 is 0 Å². The number of nitrogens with zero attached hydrogens (tertiary/aromatic N) is 1. The van der Waals surface area contributed by atoms with Crippen molar-refractivity contribution in [2.45, 2.75) is 38.4 Å². The van der Waals surface area contributed by atoms with E-state index in [0.29, 0.717) is 19.5 Å². The van der Waals surface area contributed by atoms with Crippen molar-refractivity contribution in [3.05, 3.63) is 0 Å². The highest BCUT2D eigenvalue weighted by Crippen LogP contribution is 2.27. The maximum atomic E-state index is 12.1. The minimum absolute atomic E-state index is 0.136. The van der Waals surface area contributed by atoms with Gasteiger partial charge in [-0.3, -0.25) is 0 Å². The largest absolute Gasteiger partial charge is 0.372 e. The van der Waals surface area contributed by atoms with Crippen molar-refractivity contribution >= 4 is 10.0 Å². The molecule has 0 radical (unpaired) electrons. The number of rotatable bonds is 6. The van der Waals surface area contributed by atoms with E-state index in [-0.39, 0.29) is 18.0 Å². The Bertz CT molecular complexity index is 333. The first-order valence-electron chi connectivity index (χ1n) is 6.46. The van der Waals surface area contributed by atoms with Gasteiger partial charge < -0.3 is 10.1 Å². The van der Waals surface area contributed by atoms with E-state index in [2.05, 4.69) is 5.32 Å². The molecule has 100 valence electrons. The van der Waals surface area contributed by atoms with Crippen molar-refractivity contribution in [2.24, 2.45) is 0 Å². The minimum atomic E-state index is -3.08. The molecule has 0 saturated carbocycles. The van der Waals surface area contributed by atoms with Gasteiger partial charge in [0.1, 0.15) is 0 Å². The number of hydrogen-bond acceptors (Lipinski definition) is 4. The second-order valence-electron chi connectivity index (χ2n) is 4.80.